The van der Waals surface area contributed by atoms with E-state index in [-0.39, 0.29) is 5.91 Å². The molecule has 0 saturated carbocycles. The fourth-order valence-corrected chi connectivity index (χ4v) is 1.71. The normalized spacial score (nSPS) is 11.6. The number of carbonyl (C=O) groups excluding carboxylic acids is 1. The number of amides is 1. The maximum Gasteiger partial charge on any atom is 0.223 e. The van der Waals surface area contributed by atoms with Gasteiger partial charge in [-0.2, -0.15) is 0 Å². The molecule has 0 aromatic rings. The smallest absolute Gasteiger partial charge is 0.223 e. The molecule has 0 radical (unpaired) electrons. The highest BCUT2D eigenvalue weighted by Crippen LogP contribution is 2.01. The first kappa shape index (κ1) is 17.4. The predicted octanol–water partition coefficient (Wildman–Crippen LogP) is 1.42. The van der Waals surface area contributed by atoms with E-state index in [1.807, 2.05) is 19.0 Å². The molecule has 0 atom stereocenters. The van der Waals surface area contributed by atoms with E-state index in [2.05, 4.69) is 37.9 Å². The van der Waals surface area contributed by atoms with Crippen molar-refractivity contribution in [3.63, 3.8) is 0 Å². The van der Waals surface area contributed by atoms with E-state index in [9.17, 15) is 4.79 Å². The fraction of sp³-hybridized carbons (Fsp3) is 0.929. The molecule has 0 saturated heterocycles. The van der Waals surface area contributed by atoms with Crippen LogP contribution in [0.3, 0.4) is 0 Å². The maximum atomic E-state index is 12.1. The van der Waals surface area contributed by atoms with Gasteiger partial charge in [-0.25, -0.2) is 0 Å². The Balaban J connectivity index is 4.13. The van der Waals surface area contributed by atoms with E-state index in [1.54, 1.807) is 0 Å². The van der Waals surface area contributed by atoms with Gasteiger partial charge in [0.1, 0.15) is 0 Å². The summed E-state index contributed by atoms with van der Waals surface area (Å²) in [4.78, 5) is 16.3. The lowest BCUT2D eigenvalue weighted by Crippen LogP contribution is -2.40. The summed E-state index contributed by atoms with van der Waals surface area (Å²) < 4.78 is 0. The summed E-state index contributed by atoms with van der Waals surface area (Å²) in [5.74, 6) is 0.785. The van der Waals surface area contributed by atoms with Gasteiger partial charge in [-0.05, 0) is 20.0 Å². The summed E-state index contributed by atoms with van der Waals surface area (Å²) >= 11 is 0. The molecule has 0 spiro atoms. The monoisotopic (exact) mass is 257 g/mol. The molecule has 0 bridgehead atoms. The molecule has 1 N–H and O–H groups in total. The summed E-state index contributed by atoms with van der Waals surface area (Å²) in [6.45, 7) is 11.9. The zero-order valence-corrected chi connectivity index (χ0v) is 13.0. The Labute approximate surface area is 113 Å². The number of likely N-dealkylation sites (N-methyl/N-ethyl adjacent to an activating group) is 1. The summed E-state index contributed by atoms with van der Waals surface area (Å²) in [7, 11) is 4.08. The van der Waals surface area contributed by atoms with E-state index in [0.717, 1.165) is 26.2 Å². The van der Waals surface area contributed by atoms with Crippen LogP contribution in [-0.2, 0) is 4.79 Å². The van der Waals surface area contributed by atoms with Crippen LogP contribution < -0.4 is 5.32 Å². The second-order valence-electron chi connectivity index (χ2n) is 5.90. The lowest BCUT2D eigenvalue weighted by atomic mass is 10.2. The largest absolute Gasteiger partial charge is 0.341 e. The lowest BCUT2D eigenvalue weighted by Gasteiger charge is -2.26. The minimum absolute atomic E-state index is 0.263. The number of hydrogen-bond acceptors (Lipinski definition) is 3. The van der Waals surface area contributed by atoms with Gasteiger partial charge in [-0.3, -0.25) is 4.79 Å². The van der Waals surface area contributed by atoms with Gasteiger partial charge in [0.2, 0.25) is 5.91 Å². The number of nitrogens with zero attached hydrogens (tertiary/aromatic N) is 2. The van der Waals surface area contributed by atoms with Crippen molar-refractivity contribution < 1.29 is 4.79 Å². The standard InChI is InChI=1S/C14H31N3O/c1-12(2)11-17(10-9-16(5)6)14(18)7-8-15-13(3)4/h12-13,15H,7-11H2,1-6H3. The van der Waals surface area contributed by atoms with E-state index in [1.165, 1.54) is 0 Å². The number of rotatable bonds is 9. The van der Waals surface area contributed by atoms with Crippen molar-refractivity contribution >= 4 is 5.91 Å². The van der Waals surface area contributed by atoms with Gasteiger partial charge in [-0.15, -0.1) is 0 Å². The SMILES string of the molecule is CC(C)CN(CCN(C)C)C(=O)CCNC(C)C. The number of hydrogen-bond donors (Lipinski definition) is 1. The van der Waals surface area contributed by atoms with Crippen LogP contribution in [0.2, 0.25) is 0 Å². The highest BCUT2D eigenvalue weighted by molar-refractivity contribution is 5.76. The maximum absolute atomic E-state index is 12.1. The highest BCUT2D eigenvalue weighted by Gasteiger charge is 2.14. The molecule has 4 heteroatoms. The zero-order chi connectivity index (χ0) is 14.1. The molecule has 0 fully saturated rings. The van der Waals surface area contributed by atoms with Gasteiger partial charge < -0.3 is 15.1 Å². The van der Waals surface area contributed by atoms with Crippen LogP contribution in [0, 0.1) is 5.92 Å². The van der Waals surface area contributed by atoms with Gasteiger partial charge >= 0.3 is 0 Å². The lowest BCUT2D eigenvalue weighted by molar-refractivity contribution is -0.131. The first-order valence-electron chi connectivity index (χ1n) is 6.98. The average molecular weight is 257 g/mol. The van der Waals surface area contributed by atoms with Gasteiger partial charge in [0.25, 0.3) is 0 Å². The van der Waals surface area contributed by atoms with E-state index in [4.69, 9.17) is 0 Å². The third kappa shape index (κ3) is 9.42. The Morgan fingerprint density at radius 2 is 1.72 bits per heavy atom. The summed E-state index contributed by atoms with van der Waals surface area (Å²) in [6.07, 6.45) is 0.596. The molecule has 18 heavy (non-hydrogen) atoms. The molecule has 0 aliphatic heterocycles. The molecular formula is C14H31N3O. The Morgan fingerprint density at radius 3 is 2.17 bits per heavy atom. The van der Waals surface area contributed by atoms with Crippen molar-refractivity contribution in [3.05, 3.63) is 0 Å². The first-order valence-corrected chi connectivity index (χ1v) is 6.98. The molecule has 1 amide bonds. The van der Waals surface area contributed by atoms with Gasteiger partial charge in [0.05, 0.1) is 0 Å². The molecule has 0 aliphatic carbocycles. The van der Waals surface area contributed by atoms with Crippen LogP contribution in [0.5, 0.6) is 0 Å². The van der Waals surface area contributed by atoms with Crippen molar-refractivity contribution in [2.75, 3.05) is 40.3 Å². The van der Waals surface area contributed by atoms with Crippen molar-refractivity contribution in [3.8, 4) is 0 Å². The van der Waals surface area contributed by atoms with Crippen molar-refractivity contribution in [1.29, 1.82) is 0 Å². The van der Waals surface area contributed by atoms with E-state index < -0.39 is 0 Å². The Kier molecular flexibility index (Phi) is 9.02. The van der Waals surface area contributed by atoms with Gasteiger partial charge in [0.15, 0.2) is 0 Å². The van der Waals surface area contributed by atoms with Crippen LogP contribution in [0.15, 0.2) is 0 Å². The van der Waals surface area contributed by atoms with E-state index in [0.29, 0.717) is 18.4 Å². The molecule has 0 heterocycles. The topological polar surface area (TPSA) is 35.6 Å². The predicted molar refractivity (Wildman–Crippen MR) is 77.7 cm³/mol. The quantitative estimate of drug-likeness (QED) is 0.678. The number of carbonyl (C=O) groups is 1. The molecular weight excluding hydrogens is 226 g/mol. The second kappa shape index (κ2) is 9.34. The average Bonchev–Trinajstić information content (AvgIpc) is 2.22. The molecule has 0 aromatic carbocycles. The summed E-state index contributed by atoms with van der Waals surface area (Å²) in [6, 6.07) is 0.443. The molecule has 0 aromatic heterocycles. The van der Waals surface area contributed by atoms with Gasteiger partial charge in [0, 0.05) is 38.6 Å². The molecule has 4 nitrogen and oxygen atoms in total. The number of nitrogens with one attached hydrogen (secondary N) is 1. The van der Waals surface area contributed by atoms with Crippen LogP contribution in [0.25, 0.3) is 0 Å². The first-order chi connectivity index (χ1) is 8.32. The highest BCUT2D eigenvalue weighted by atomic mass is 16.2. The summed E-state index contributed by atoms with van der Waals surface area (Å²) in [5, 5.41) is 3.29. The fourth-order valence-electron chi connectivity index (χ4n) is 1.71. The van der Waals surface area contributed by atoms with Gasteiger partial charge in [-0.1, -0.05) is 27.7 Å². The van der Waals surface area contributed by atoms with Crippen molar-refractivity contribution in [1.82, 2.24) is 15.1 Å². The van der Waals surface area contributed by atoms with Crippen LogP contribution in [0.1, 0.15) is 34.1 Å². The molecule has 0 unspecified atom stereocenters. The Morgan fingerprint density at radius 1 is 1.11 bits per heavy atom. The zero-order valence-electron chi connectivity index (χ0n) is 13.0. The molecule has 0 aliphatic rings. The third-order valence-electron chi connectivity index (χ3n) is 2.65. The second-order valence-corrected chi connectivity index (χ2v) is 5.90. The third-order valence-corrected chi connectivity index (χ3v) is 2.65. The van der Waals surface area contributed by atoms with Crippen molar-refractivity contribution in [2.45, 2.75) is 40.2 Å². The molecule has 108 valence electrons. The summed E-state index contributed by atoms with van der Waals surface area (Å²) in [5.41, 5.74) is 0. The van der Waals surface area contributed by atoms with Crippen LogP contribution >= 0.6 is 0 Å². The van der Waals surface area contributed by atoms with Crippen molar-refractivity contribution in [2.24, 2.45) is 5.92 Å². The Hall–Kier alpha value is -0.610. The van der Waals surface area contributed by atoms with E-state index >= 15 is 0 Å². The minimum Gasteiger partial charge on any atom is -0.341 e. The minimum atomic E-state index is 0.263. The molecule has 0 rings (SSSR count). The Bertz CT molecular complexity index is 227. The van der Waals surface area contributed by atoms with Crippen LogP contribution in [-0.4, -0.2) is 62.0 Å². The van der Waals surface area contributed by atoms with Crippen LogP contribution in [0.4, 0.5) is 0 Å².